The van der Waals surface area contributed by atoms with Gasteiger partial charge in [0.05, 0.1) is 23.5 Å². The third kappa shape index (κ3) is 8.66. The largest absolute Gasteiger partial charge is 0.444 e. The first kappa shape index (κ1) is 31.4. The van der Waals surface area contributed by atoms with Crippen LogP contribution >= 0.6 is 0 Å². The minimum Gasteiger partial charge on any atom is -0.444 e. The van der Waals surface area contributed by atoms with E-state index in [9.17, 15) is 19.8 Å². The second kappa shape index (κ2) is 13.0. The molecule has 0 bridgehead atoms. The highest BCUT2D eigenvalue weighted by molar-refractivity contribution is 5.94. The predicted octanol–water partition coefficient (Wildman–Crippen LogP) is 3.35. The maximum Gasteiger partial charge on any atom is 0.408 e. The SMILES string of the molecule is COC(O)[C@@H](NC(=O)c1ccc(C#Cc2ccc(-c3cc(CO)nn3C)cc2)cc1)C(C)(C)NC(=O)OC(C)(C)C. The number of aryl methyl sites for hydroxylation is 1. The molecule has 41 heavy (non-hydrogen) atoms. The fourth-order valence-electron chi connectivity index (χ4n) is 4.06. The van der Waals surface area contributed by atoms with Crippen LogP contribution in [0.3, 0.4) is 0 Å². The molecule has 3 aromatic rings. The lowest BCUT2D eigenvalue weighted by Gasteiger charge is -2.38. The molecule has 3 rings (SSSR count). The first-order valence-electron chi connectivity index (χ1n) is 13.1. The molecule has 0 fully saturated rings. The van der Waals surface area contributed by atoms with E-state index in [1.807, 2.05) is 37.4 Å². The molecule has 4 N–H and O–H groups in total. The normalized spacial score (nSPS) is 13.0. The molecular formula is C31H38N4O6. The summed E-state index contributed by atoms with van der Waals surface area (Å²) in [7, 11) is 3.13. The van der Waals surface area contributed by atoms with Gasteiger partial charge in [-0.2, -0.15) is 5.10 Å². The second-order valence-corrected chi connectivity index (χ2v) is 11.1. The minimum atomic E-state index is -1.39. The Morgan fingerprint density at radius 3 is 2.05 bits per heavy atom. The summed E-state index contributed by atoms with van der Waals surface area (Å²) in [4.78, 5) is 25.4. The van der Waals surface area contributed by atoms with Gasteiger partial charge in [-0.15, -0.1) is 0 Å². The zero-order chi connectivity index (χ0) is 30.4. The molecule has 2 aromatic carbocycles. The summed E-state index contributed by atoms with van der Waals surface area (Å²) in [5.74, 6) is 5.74. The number of hydrogen-bond donors (Lipinski definition) is 4. The highest BCUT2D eigenvalue weighted by Gasteiger charge is 2.39. The van der Waals surface area contributed by atoms with E-state index in [1.165, 1.54) is 7.11 Å². The molecule has 0 spiro atoms. The van der Waals surface area contributed by atoms with Crippen molar-refractivity contribution in [2.75, 3.05) is 7.11 Å². The van der Waals surface area contributed by atoms with Crippen molar-refractivity contribution in [2.24, 2.45) is 7.05 Å². The molecule has 0 aliphatic carbocycles. The second-order valence-electron chi connectivity index (χ2n) is 11.1. The zero-order valence-corrected chi connectivity index (χ0v) is 24.5. The van der Waals surface area contributed by atoms with Crippen LogP contribution in [0.4, 0.5) is 4.79 Å². The van der Waals surface area contributed by atoms with E-state index in [1.54, 1.807) is 63.6 Å². The van der Waals surface area contributed by atoms with Gasteiger partial charge in [-0.25, -0.2) is 4.79 Å². The predicted molar refractivity (Wildman–Crippen MR) is 155 cm³/mol. The van der Waals surface area contributed by atoms with E-state index in [0.717, 1.165) is 16.8 Å². The number of aromatic nitrogens is 2. The molecule has 0 saturated heterocycles. The minimum absolute atomic E-state index is 0.114. The van der Waals surface area contributed by atoms with E-state index in [0.29, 0.717) is 16.8 Å². The first-order chi connectivity index (χ1) is 19.2. The number of hydrogen-bond acceptors (Lipinski definition) is 7. The van der Waals surface area contributed by atoms with Crippen molar-refractivity contribution >= 4 is 12.0 Å². The summed E-state index contributed by atoms with van der Waals surface area (Å²) in [5.41, 5.74) is 2.51. The van der Waals surface area contributed by atoms with Crippen molar-refractivity contribution in [2.45, 2.75) is 64.7 Å². The number of nitrogens with zero attached hydrogens (tertiary/aromatic N) is 2. The van der Waals surface area contributed by atoms with Crippen LogP contribution in [0.1, 0.15) is 61.8 Å². The van der Waals surface area contributed by atoms with Crippen LogP contribution in [0.2, 0.25) is 0 Å². The number of methoxy groups -OCH3 is 1. The third-order valence-corrected chi connectivity index (χ3v) is 6.19. The summed E-state index contributed by atoms with van der Waals surface area (Å²) < 4.78 is 12.1. The van der Waals surface area contributed by atoms with Crippen LogP contribution in [-0.4, -0.2) is 62.6 Å². The van der Waals surface area contributed by atoms with E-state index < -0.39 is 35.5 Å². The highest BCUT2D eigenvalue weighted by Crippen LogP contribution is 2.21. The van der Waals surface area contributed by atoms with Gasteiger partial charge in [-0.1, -0.05) is 24.0 Å². The van der Waals surface area contributed by atoms with Crippen LogP contribution in [0.25, 0.3) is 11.3 Å². The Hall–Kier alpha value is -4.17. The van der Waals surface area contributed by atoms with Gasteiger partial charge in [0.2, 0.25) is 0 Å². The Bertz CT molecular complexity index is 1410. The topological polar surface area (TPSA) is 135 Å². The highest BCUT2D eigenvalue weighted by atomic mass is 16.6. The van der Waals surface area contributed by atoms with Gasteiger partial charge in [-0.3, -0.25) is 9.48 Å². The van der Waals surface area contributed by atoms with E-state index in [4.69, 9.17) is 9.47 Å². The number of ether oxygens (including phenoxy) is 2. The smallest absolute Gasteiger partial charge is 0.408 e. The van der Waals surface area contributed by atoms with Gasteiger partial charge in [0.25, 0.3) is 5.91 Å². The summed E-state index contributed by atoms with van der Waals surface area (Å²) in [6.07, 6.45) is -2.08. The van der Waals surface area contributed by atoms with Crippen LogP contribution in [-0.2, 0) is 23.1 Å². The van der Waals surface area contributed by atoms with Crippen molar-refractivity contribution in [3.63, 3.8) is 0 Å². The summed E-state index contributed by atoms with van der Waals surface area (Å²) in [5, 5.41) is 29.5. The number of alkyl carbamates (subject to hydrolysis) is 1. The van der Waals surface area contributed by atoms with E-state index >= 15 is 0 Å². The lowest BCUT2D eigenvalue weighted by atomic mass is 9.93. The van der Waals surface area contributed by atoms with Gasteiger partial charge in [-0.05, 0) is 82.6 Å². The Kier molecular flexibility index (Phi) is 9.94. The Labute approximate surface area is 240 Å². The quantitative estimate of drug-likeness (QED) is 0.244. The molecular weight excluding hydrogens is 524 g/mol. The molecule has 1 unspecified atom stereocenters. The number of rotatable bonds is 8. The van der Waals surface area contributed by atoms with E-state index in [2.05, 4.69) is 27.6 Å². The standard InChI is InChI=1S/C31H38N4O6/c1-30(2,3)41-29(39)33-31(4,5)26(28(38)40-7)32-27(37)23-16-12-21(13-17-23)9-8-20-10-14-22(15-11-20)25-18-24(19-36)34-35(25)6/h10-18,26,28,36,38H,19H2,1-7H3,(H,32,37)(H,33,39)/t26-,28?/m1/s1. The monoisotopic (exact) mass is 562 g/mol. The molecule has 0 aliphatic heterocycles. The third-order valence-electron chi connectivity index (χ3n) is 6.19. The summed E-state index contributed by atoms with van der Waals surface area (Å²) in [6, 6.07) is 15.3. The van der Waals surface area contributed by atoms with Crippen molar-refractivity contribution < 1.29 is 29.3 Å². The zero-order valence-electron chi connectivity index (χ0n) is 24.5. The van der Waals surface area contributed by atoms with Crippen molar-refractivity contribution in [3.05, 3.63) is 77.0 Å². The van der Waals surface area contributed by atoms with Gasteiger partial charge in [0.15, 0.2) is 6.29 Å². The molecule has 0 saturated carbocycles. The molecule has 10 nitrogen and oxygen atoms in total. The fraction of sp³-hybridized carbons (Fsp3) is 0.387. The molecule has 10 heteroatoms. The number of carbonyl (C=O) groups is 2. The lowest BCUT2D eigenvalue weighted by molar-refractivity contribution is -0.110. The maximum atomic E-state index is 13.0. The molecule has 0 radical (unpaired) electrons. The molecule has 2 amide bonds. The fourth-order valence-corrected chi connectivity index (χ4v) is 4.06. The molecule has 1 heterocycles. The number of aliphatic hydroxyl groups excluding tert-OH is 2. The van der Waals surface area contributed by atoms with Crippen molar-refractivity contribution in [1.82, 2.24) is 20.4 Å². The maximum absolute atomic E-state index is 13.0. The van der Waals surface area contributed by atoms with Gasteiger partial charge >= 0.3 is 6.09 Å². The van der Waals surface area contributed by atoms with Crippen LogP contribution in [0.15, 0.2) is 54.6 Å². The summed E-state index contributed by atoms with van der Waals surface area (Å²) >= 11 is 0. The first-order valence-corrected chi connectivity index (χ1v) is 13.1. The molecule has 2 atom stereocenters. The number of amides is 2. The Morgan fingerprint density at radius 1 is 1.00 bits per heavy atom. The van der Waals surface area contributed by atoms with E-state index in [-0.39, 0.29) is 6.61 Å². The number of nitrogens with one attached hydrogen (secondary N) is 2. The van der Waals surface area contributed by atoms with Gasteiger partial charge in [0.1, 0.15) is 11.6 Å². The number of benzene rings is 2. The Morgan fingerprint density at radius 2 is 1.56 bits per heavy atom. The van der Waals surface area contributed by atoms with Crippen molar-refractivity contribution in [1.29, 1.82) is 0 Å². The Balaban J connectivity index is 1.68. The van der Waals surface area contributed by atoms with Crippen LogP contribution in [0.5, 0.6) is 0 Å². The molecule has 1 aromatic heterocycles. The molecule has 0 aliphatic rings. The van der Waals surface area contributed by atoms with Gasteiger partial charge in [0, 0.05) is 30.8 Å². The average Bonchev–Trinajstić information content (AvgIpc) is 3.29. The van der Waals surface area contributed by atoms with Crippen LogP contribution in [0, 0.1) is 11.8 Å². The molecule has 218 valence electrons. The van der Waals surface area contributed by atoms with Crippen molar-refractivity contribution in [3.8, 4) is 23.1 Å². The average molecular weight is 563 g/mol. The van der Waals surface area contributed by atoms with Gasteiger partial charge < -0.3 is 30.3 Å². The summed E-state index contributed by atoms with van der Waals surface area (Å²) in [6.45, 7) is 8.41. The number of aliphatic hydroxyl groups is 2. The number of carbonyl (C=O) groups excluding carboxylic acids is 2. The lowest BCUT2D eigenvalue weighted by Crippen LogP contribution is -2.64. The van der Waals surface area contributed by atoms with Crippen LogP contribution < -0.4 is 10.6 Å².